The number of hydrogen-bond donors (Lipinski definition) is 1. The molecule has 0 saturated heterocycles. The molecule has 3 rings (SSSR count). The lowest BCUT2D eigenvalue weighted by molar-refractivity contribution is -0.118. The molecule has 0 spiro atoms. The van der Waals surface area contributed by atoms with Crippen LogP contribution in [0.2, 0.25) is 0 Å². The third kappa shape index (κ3) is 4.06. The fourth-order valence-electron chi connectivity index (χ4n) is 2.90. The number of carbonyl (C=O) groups excluding carboxylic acids is 1. The SMILES string of the molecule is CCn1c(SCCNC(C)=O)nc2sc(C)c(-c3ccc(F)cc3)c2c1=O. The average molecular weight is 406 g/mol. The number of thiophene rings is 1. The number of hydrogen-bond acceptors (Lipinski definition) is 5. The zero-order valence-corrected chi connectivity index (χ0v) is 17.0. The van der Waals surface area contributed by atoms with E-state index in [9.17, 15) is 14.0 Å². The Labute approximate surface area is 164 Å². The van der Waals surface area contributed by atoms with Crippen LogP contribution in [0, 0.1) is 12.7 Å². The Kier molecular flexibility index (Phi) is 5.96. The maximum absolute atomic E-state index is 13.3. The van der Waals surface area contributed by atoms with Crippen molar-refractivity contribution in [2.24, 2.45) is 0 Å². The van der Waals surface area contributed by atoms with Crippen LogP contribution >= 0.6 is 23.1 Å². The molecule has 3 aromatic rings. The molecule has 0 saturated carbocycles. The molecule has 2 heterocycles. The number of thioether (sulfide) groups is 1. The van der Waals surface area contributed by atoms with Gasteiger partial charge in [-0.2, -0.15) is 0 Å². The molecule has 142 valence electrons. The molecule has 0 unspecified atom stereocenters. The summed E-state index contributed by atoms with van der Waals surface area (Å²) in [5, 5.41) is 3.97. The molecule has 1 N–H and O–H groups in total. The number of halogens is 1. The zero-order chi connectivity index (χ0) is 19.6. The fourth-order valence-corrected chi connectivity index (χ4v) is 4.90. The minimum Gasteiger partial charge on any atom is -0.356 e. The number of fused-ring (bicyclic) bond motifs is 1. The average Bonchev–Trinajstić information content (AvgIpc) is 2.95. The van der Waals surface area contributed by atoms with Gasteiger partial charge in [0.05, 0.1) is 5.39 Å². The summed E-state index contributed by atoms with van der Waals surface area (Å²) in [6.07, 6.45) is 0. The number of rotatable bonds is 6. The van der Waals surface area contributed by atoms with Gasteiger partial charge in [-0.15, -0.1) is 11.3 Å². The lowest BCUT2D eigenvalue weighted by Gasteiger charge is -2.10. The van der Waals surface area contributed by atoms with Gasteiger partial charge in [-0.3, -0.25) is 14.2 Å². The summed E-state index contributed by atoms with van der Waals surface area (Å²) in [6, 6.07) is 6.18. The Morgan fingerprint density at radius 1 is 1.33 bits per heavy atom. The Morgan fingerprint density at radius 3 is 2.67 bits per heavy atom. The molecule has 0 bridgehead atoms. The number of amides is 1. The van der Waals surface area contributed by atoms with Crippen molar-refractivity contribution in [3.63, 3.8) is 0 Å². The first-order valence-corrected chi connectivity index (χ1v) is 10.4. The van der Waals surface area contributed by atoms with Gasteiger partial charge in [-0.05, 0) is 31.5 Å². The lowest BCUT2D eigenvalue weighted by atomic mass is 10.0. The number of aromatic nitrogens is 2. The molecular weight excluding hydrogens is 385 g/mol. The molecular formula is C19H20FN3O2S2. The second kappa shape index (κ2) is 8.22. The molecule has 8 heteroatoms. The van der Waals surface area contributed by atoms with E-state index in [0.29, 0.717) is 34.2 Å². The van der Waals surface area contributed by atoms with Gasteiger partial charge in [0, 0.05) is 36.2 Å². The summed E-state index contributed by atoms with van der Waals surface area (Å²) in [5.74, 6) is 0.245. The van der Waals surface area contributed by atoms with Gasteiger partial charge in [0.1, 0.15) is 10.6 Å². The standard InChI is InChI=1S/C19H20FN3O2S2/c1-4-23-18(25)16-15(13-5-7-14(20)8-6-13)11(2)27-17(16)22-19(23)26-10-9-21-12(3)24/h5-8H,4,9-10H2,1-3H3,(H,21,24). The van der Waals surface area contributed by atoms with Gasteiger partial charge < -0.3 is 5.32 Å². The van der Waals surface area contributed by atoms with E-state index in [4.69, 9.17) is 4.98 Å². The van der Waals surface area contributed by atoms with Gasteiger partial charge in [-0.1, -0.05) is 23.9 Å². The van der Waals surface area contributed by atoms with Crippen molar-refractivity contribution in [2.45, 2.75) is 32.5 Å². The number of nitrogens with zero attached hydrogens (tertiary/aromatic N) is 2. The van der Waals surface area contributed by atoms with Crippen LogP contribution in [0.1, 0.15) is 18.7 Å². The van der Waals surface area contributed by atoms with Gasteiger partial charge in [-0.25, -0.2) is 9.37 Å². The molecule has 2 aromatic heterocycles. The topological polar surface area (TPSA) is 64.0 Å². The maximum atomic E-state index is 13.3. The van der Waals surface area contributed by atoms with E-state index in [1.54, 1.807) is 16.7 Å². The van der Waals surface area contributed by atoms with Crippen molar-refractivity contribution in [1.29, 1.82) is 0 Å². The van der Waals surface area contributed by atoms with Gasteiger partial charge in [0.25, 0.3) is 5.56 Å². The molecule has 5 nitrogen and oxygen atoms in total. The van der Waals surface area contributed by atoms with Crippen LogP contribution in [0.25, 0.3) is 21.3 Å². The largest absolute Gasteiger partial charge is 0.356 e. The maximum Gasteiger partial charge on any atom is 0.263 e. The van der Waals surface area contributed by atoms with E-state index in [1.807, 2.05) is 13.8 Å². The predicted molar refractivity (Wildman–Crippen MR) is 109 cm³/mol. The number of benzene rings is 1. The highest BCUT2D eigenvalue weighted by molar-refractivity contribution is 7.99. The molecule has 0 atom stereocenters. The second-order valence-electron chi connectivity index (χ2n) is 6.00. The van der Waals surface area contributed by atoms with Crippen molar-refractivity contribution in [1.82, 2.24) is 14.9 Å². The summed E-state index contributed by atoms with van der Waals surface area (Å²) in [5.41, 5.74) is 1.55. The molecule has 0 fully saturated rings. The van der Waals surface area contributed by atoms with E-state index in [0.717, 1.165) is 16.0 Å². The second-order valence-corrected chi connectivity index (χ2v) is 8.26. The van der Waals surface area contributed by atoms with Crippen molar-refractivity contribution >= 4 is 39.2 Å². The third-order valence-corrected chi connectivity index (χ3v) is 6.09. The van der Waals surface area contributed by atoms with Crippen LogP contribution in [0.15, 0.2) is 34.2 Å². The van der Waals surface area contributed by atoms with Crippen molar-refractivity contribution in [3.05, 3.63) is 45.3 Å². The van der Waals surface area contributed by atoms with Crippen LogP contribution in [-0.2, 0) is 11.3 Å². The summed E-state index contributed by atoms with van der Waals surface area (Å²) >= 11 is 2.92. The monoisotopic (exact) mass is 405 g/mol. The molecule has 0 aliphatic carbocycles. The van der Waals surface area contributed by atoms with Gasteiger partial charge in [0.2, 0.25) is 5.91 Å². The minimum absolute atomic E-state index is 0.0790. The highest BCUT2D eigenvalue weighted by Crippen LogP contribution is 2.36. The number of carbonyl (C=O) groups is 1. The Hall–Kier alpha value is -2.19. The van der Waals surface area contributed by atoms with Crippen molar-refractivity contribution < 1.29 is 9.18 Å². The van der Waals surface area contributed by atoms with Crippen molar-refractivity contribution in [3.8, 4) is 11.1 Å². The van der Waals surface area contributed by atoms with E-state index in [1.165, 1.54) is 42.2 Å². The smallest absolute Gasteiger partial charge is 0.263 e. The Balaban J connectivity index is 2.06. The molecule has 0 aliphatic heterocycles. The van der Waals surface area contributed by atoms with E-state index >= 15 is 0 Å². The number of aryl methyl sites for hydroxylation is 1. The van der Waals surface area contributed by atoms with Gasteiger partial charge in [0.15, 0.2) is 5.16 Å². The van der Waals surface area contributed by atoms with Crippen molar-refractivity contribution in [2.75, 3.05) is 12.3 Å². The first-order valence-electron chi connectivity index (χ1n) is 8.59. The van der Waals surface area contributed by atoms with Crippen LogP contribution < -0.4 is 10.9 Å². The van der Waals surface area contributed by atoms with Gasteiger partial charge >= 0.3 is 0 Å². The van der Waals surface area contributed by atoms with Crippen LogP contribution in [0.5, 0.6) is 0 Å². The summed E-state index contributed by atoms with van der Waals surface area (Å²) in [7, 11) is 0. The highest BCUT2D eigenvalue weighted by Gasteiger charge is 2.19. The molecule has 27 heavy (non-hydrogen) atoms. The molecule has 1 aromatic carbocycles. The molecule has 0 aliphatic rings. The van der Waals surface area contributed by atoms with E-state index < -0.39 is 0 Å². The van der Waals surface area contributed by atoms with Crippen LogP contribution in [0.3, 0.4) is 0 Å². The summed E-state index contributed by atoms with van der Waals surface area (Å²) in [6.45, 7) is 6.35. The van der Waals surface area contributed by atoms with Crippen LogP contribution in [0.4, 0.5) is 4.39 Å². The lowest BCUT2D eigenvalue weighted by Crippen LogP contribution is -2.24. The Bertz CT molecular complexity index is 1040. The van der Waals surface area contributed by atoms with Crippen LogP contribution in [-0.4, -0.2) is 27.8 Å². The molecule has 0 radical (unpaired) electrons. The molecule has 1 amide bonds. The predicted octanol–water partition coefficient (Wildman–Crippen LogP) is 3.82. The summed E-state index contributed by atoms with van der Waals surface area (Å²) in [4.78, 5) is 30.5. The first-order chi connectivity index (χ1) is 12.9. The zero-order valence-electron chi connectivity index (χ0n) is 15.3. The number of nitrogens with one attached hydrogen (secondary N) is 1. The minimum atomic E-state index is -0.308. The fraction of sp³-hybridized carbons (Fsp3) is 0.316. The normalized spacial score (nSPS) is 11.1. The highest BCUT2D eigenvalue weighted by atomic mass is 32.2. The van der Waals surface area contributed by atoms with E-state index in [-0.39, 0.29) is 17.3 Å². The van der Waals surface area contributed by atoms with E-state index in [2.05, 4.69) is 5.32 Å². The summed E-state index contributed by atoms with van der Waals surface area (Å²) < 4.78 is 14.9. The third-order valence-electron chi connectivity index (χ3n) is 4.11. The quantitative estimate of drug-likeness (QED) is 0.385. The first kappa shape index (κ1) is 19.6. The Morgan fingerprint density at radius 2 is 2.04 bits per heavy atom.